The molecule has 0 bridgehead atoms. The molecule has 0 aromatic heterocycles. The van der Waals surface area contributed by atoms with Gasteiger partial charge in [-0.1, -0.05) is 36.2 Å². The number of benzene rings is 1. The highest BCUT2D eigenvalue weighted by Crippen LogP contribution is 2.35. The van der Waals surface area contributed by atoms with Crippen LogP contribution in [0.4, 0.5) is 5.69 Å². The summed E-state index contributed by atoms with van der Waals surface area (Å²) in [5.41, 5.74) is 0.563. The molecule has 21 heavy (non-hydrogen) atoms. The Kier molecular flexibility index (Phi) is 5.12. The van der Waals surface area contributed by atoms with Crippen LogP contribution in [-0.4, -0.2) is 24.4 Å². The predicted octanol–water partition coefficient (Wildman–Crippen LogP) is 3.26. The summed E-state index contributed by atoms with van der Waals surface area (Å²) < 4.78 is 0. The lowest BCUT2D eigenvalue weighted by molar-refractivity contribution is -0.126. The molecule has 0 saturated carbocycles. The minimum Gasteiger partial charge on any atom is -0.353 e. The summed E-state index contributed by atoms with van der Waals surface area (Å²) in [6, 6.07) is 5.25. The van der Waals surface area contributed by atoms with Crippen LogP contribution in [-0.2, 0) is 9.59 Å². The van der Waals surface area contributed by atoms with Crippen LogP contribution in [0.25, 0.3) is 0 Å². The van der Waals surface area contributed by atoms with Crippen LogP contribution in [0.3, 0.4) is 0 Å². The van der Waals surface area contributed by atoms with E-state index in [9.17, 15) is 9.59 Å². The fourth-order valence-electron chi connectivity index (χ4n) is 2.28. The van der Waals surface area contributed by atoms with Crippen molar-refractivity contribution in [1.82, 2.24) is 5.32 Å². The molecule has 1 aliphatic heterocycles. The number of halogens is 2. The van der Waals surface area contributed by atoms with Crippen LogP contribution in [0, 0.1) is 5.92 Å². The molecule has 0 unspecified atom stereocenters. The zero-order valence-corrected chi connectivity index (χ0v) is 13.5. The second kappa shape index (κ2) is 6.67. The second-order valence-corrected chi connectivity index (χ2v) is 6.08. The van der Waals surface area contributed by atoms with Crippen molar-refractivity contribution in [1.29, 1.82) is 0 Å². The van der Waals surface area contributed by atoms with Gasteiger partial charge < -0.3 is 10.2 Å². The van der Waals surface area contributed by atoms with Gasteiger partial charge in [0.1, 0.15) is 0 Å². The van der Waals surface area contributed by atoms with Gasteiger partial charge in [0.25, 0.3) is 0 Å². The average molecular weight is 329 g/mol. The summed E-state index contributed by atoms with van der Waals surface area (Å²) in [5.74, 6) is -0.539. The van der Waals surface area contributed by atoms with Crippen molar-refractivity contribution >= 4 is 40.7 Å². The Hall–Kier alpha value is -1.26. The lowest BCUT2D eigenvalue weighted by Gasteiger charge is -2.19. The number of nitrogens with one attached hydrogen (secondary N) is 1. The minimum absolute atomic E-state index is 0.0849. The normalized spacial score (nSPS) is 19.7. The van der Waals surface area contributed by atoms with Gasteiger partial charge in [0.15, 0.2) is 0 Å². The van der Waals surface area contributed by atoms with Crippen molar-refractivity contribution in [3.05, 3.63) is 28.2 Å². The number of nitrogens with zero attached hydrogens (tertiary/aromatic N) is 1. The first-order chi connectivity index (χ1) is 9.93. The van der Waals surface area contributed by atoms with Crippen LogP contribution in [0.1, 0.15) is 26.7 Å². The Morgan fingerprint density at radius 2 is 2.19 bits per heavy atom. The molecule has 1 fully saturated rings. The van der Waals surface area contributed by atoms with Crippen LogP contribution in [0.15, 0.2) is 18.2 Å². The number of carbonyl (C=O) groups is 2. The maximum atomic E-state index is 12.2. The van der Waals surface area contributed by atoms with Gasteiger partial charge in [0.05, 0.1) is 21.7 Å². The first-order valence-electron chi connectivity index (χ1n) is 6.98. The van der Waals surface area contributed by atoms with Crippen LogP contribution in [0.5, 0.6) is 0 Å². The molecular formula is C15H18Cl2N2O2. The summed E-state index contributed by atoms with van der Waals surface area (Å²) in [7, 11) is 0. The predicted molar refractivity (Wildman–Crippen MR) is 84.8 cm³/mol. The smallest absolute Gasteiger partial charge is 0.227 e. The minimum atomic E-state index is -0.346. The van der Waals surface area contributed by atoms with E-state index in [-0.39, 0.29) is 30.2 Å². The average Bonchev–Trinajstić information content (AvgIpc) is 2.83. The van der Waals surface area contributed by atoms with Gasteiger partial charge in [0, 0.05) is 19.0 Å². The van der Waals surface area contributed by atoms with Crippen LogP contribution < -0.4 is 10.2 Å². The topological polar surface area (TPSA) is 49.4 Å². The lowest BCUT2D eigenvalue weighted by Crippen LogP contribution is -2.38. The van der Waals surface area contributed by atoms with Gasteiger partial charge in [-0.2, -0.15) is 0 Å². The van der Waals surface area contributed by atoms with Gasteiger partial charge >= 0.3 is 0 Å². The maximum Gasteiger partial charge on any atom is 0.227 e. The third kappa shape index (κ3) is 3.50. The molecule has 2 rings (SSSR count). The van der Waals surface area contributed by atoms with E-state index in [1.165, 1.54) is 4.90 Å². The summed E-state index contributed by atoms with van der Waals surface area (Å²) in [5, 5.41) is 3.65. The van der Waals surface area contributed by atoms with E-state index < -0.39 is 0 Å². The summed E-state index contributed by atoms with van der Waals surface area (Å²) in [6.45, 7) is 4.28. The summed E-state index contributed by atoms with van der Waals surface area (Å²) in [6.07, 6.45) is 1.06. The number of hydrogen-bond acceptors (Lipinski definition) is 2. The molecular weight excluding hydrogens is 311 g/mol. The number of hydrogen-bond donors (Lipinski definition) is 1. The largest absolute Gasteiger partial charge is 0.353 e. The quantitative estimate of drug-likeness (QED) is 0.922. The molecule has 1 N–H and O–H groups in total. The second-order valence-electron chi connectivity index (χ2n) is 5.30. The zero-order chi connectivity index (χ0) is 15.6. The first-order valence-corrected chi connectivity index (χ1v) is 7.74. The highest BCUT2D eigenvalue weighted by Gasteiger charge is 2.36. The molecule has 2 amide bonds. The van der Waals surface area contributed by atoms with Crippen molar-refractivity contribution in [2.24, 2.45) is 5.92 Å². The molecule has 0 spiro atoms. The molecule has 1 aliphatic rings. The van der Waals surface area contributed by atoms with E-state index in [0.29, 0.717) is 22.3 Å². The molecule has 4 nitrogen and oxygen atoms in total. The van der Waals surface area contributed by atoms with Crippen molar-refractivity contribution in [2.75, 3.05) is 11.4 Å². The third-order valence-electron chi connectivity index (χ3n) is 3.72. The Labute approximate surface area is 134 Å². The van der Waals surface area contributed by atoms with Crippen molar-refractivity contribution in [2.45, 2.75) is 32.7 Å². The van der Waals surface area contributed by atoms with Gasteiger partial charge in [-0.25, -0.2) is 0 Å². The Bertz CT molecular complexity index is 563. The van der Waals surface area contributed by atoms with Crippen molar-refractivity contribution < 1.29 is 9.59 Å². The maximum absolute atomic E-state index is 12.2. The standard InChI is InChI=1S/C15H18Cl2N2O2/c1-3-9(2)18-15(21)10-7-13(20)19(8-10)12-6-4-5-11(16)14(12)17/h4-6,9-10H,3,7-8H2,1-2H3,(H,18,21)/t9-,10-/m0/s1. The summed E-state index contributed by atoms with van der Waals surface area (Å²) >= 11 is 12.1. The molecule has 0 aliphatic carbocycles. The molecule has 1 saturated heterocycles. The molecule has 1 heterocycles. The highest BCUT2D eigenvalue weighted by molar-refractivity contribution is 6.44. The molecule has 1 aromatic carbocycles. The van der Waals surface area contributed by atoms with E-state index in [4.69, 9.17) is 23.2 Å². The van der Waals surface area contributed by atoms with Crippen molar-refractivity contribution in [3.8, 4) is 0 Å². The summed E-state index contributed by atoms with van der Waals surface area (Å²) in [4.78, 5) is 25.8. The van der Waals surface area contributed by atoms with Crippen LogP contribution >= 0.6 is 23.2 Å². The van der Waals surface area contributed by atoms with E-state index >= 15 is 0 Å². The SMILES string of the molecule is CC[C@H](C)NC(=O)[C@H]1CC(=O)N(c2cccc(Cl)c2Cl)C1. The molecule has 114 valence electrons. The third-order valence-corrected chi connectivity index (χ3v) is 4.53. The van der Waals surface area contributed by atoms with E-state index in [1.807, 2.05) is 13.8 Å². The van der Waals surface area contributed by atoms with Gasteiger partial charge in [-0.05, 0) is 25.5 Å². The van der Waals surface area contributed by atoms with Crippen molar-refractivity contribution in [3.63, 3.8) is 0 Å². The fraction of sp³-hybridized carbons (Fsp3) is 0.467. The number of amides is 2. The van der Waals surface area contributed by atoms with Crippen LogP contribution in [0.2, 0.25) is 10.0 Å². The molecule has 2 atom stereocenters. The first kappa shape index (κ1) is 16.1. The van der Waals surface area contributed by atoms with Gasteiger partial charge in [-0.3, -0.25) is 9.59 Å². The number of rotatable bonds is 4. The monoisotopic (exact) mass is 328 g/mol. The number of anilines is 1. The molecule has 1 aromatic rings. The Morgan fingerprint density at radius 3 is 2.86 bits per heavy atom. The van der Waals surface area contributed by atoms with E-state index in [0.717, 1.165) is 6.42 Å². The van der Waals surface area contributed by atoms with E-state index in [1.54, 1.807) is 18.2 Å². The zero-order valence-electron chi connectivity index (χ0n) is 12.0. The van der Waals surface area contributed by atoms with Gasteiger partial charge in [0.2, 0.25) is 11.8 Å². The number of carbonyl (C=O) groups excluding carboxylic acids is 2. The Morgan fingerprint density at radius 1 is 1.48 bits per heavy atom. The van der Waals surface area contributed by atoms with Gasteiger partial charge in [-0.15, -0.1) is 0 Å². The fourth-order valence-corrected chi connectivity index (χ4v) is 2.68. The highest BCUT2D eigenvalue weighted by atomic mass is 35.5. The lowest BCUT2D eigenvalue weighted by atomic mass is 10.1. The van der Waals surface area contributed by atoms with E-state index in [2.05, 4.69) is 5.32 Å². The Balaban J connectivity index is 2.13. The molecule has 6 heteroatoms. The molecule has 0 radical (unpaired) electrons.